The van der Waals surface area contributed by atoms with Gasteiger partial charge >= 0.3 is 6.18 Å². The summed E-state index contributed by atoms with van der Waals surface area (Å²) in [6, 6.07) is 0. The van der Waals surface area contributed by atoms with Crippen LogP contribution < -0.4 is 5.73 Å². The molecule has 0 radical (unpaired) electrons. The Kier molecular flexibility index (Phi) is 3.85. The Morgan fingerprint density at radius 2 is 2.21 bits per heavy atom. The van der Waals surface area contributed by atoms with Crippen LogP contribution in [-0.4, -0.2) is 16.3 Å². The largest absolute Gasteiger partial charge is 0.389 e. The smallest absolute Gasteiger partial charge is 0.337 e. The quantitative estimate of drug-likeness (QED) is 0.922. The van der Waals surface area contributed by atoms with Gasteiger partial charge in [0.15, 0.2) is 5.82 Å². The predicted octanol–water partition coefficient (Wildman–Crippen LogP) is 2.93. The topological polar surface area (TPSA) is 64.9 Å². The highest BCUT2D eigenvalue weighted by Crippen LogP contribution is 2.37. The Labute approximate surface area is 109 Å². The van der Waals surface area contributed by atoms with E-state index in [1.165, 1.54) is 0 Å². The molecule has 0 amide bonds. The van der Waals surface area contributed by atoms with E-state index in [0.717, 1.165) is 25.7 Å². The average Bonchev–Trinajstić information content (AvgIpc) is 2.74. The van der Waals surface area contributed by atoms with Crippen molar-refractivity contribution in [2.45, 2.75) is 57.2 Å². The molecule has 0 saturated heterocycles. The molecule has 1 saturated carbocycles. The number of aryl methyl sites for hydroxylation is 1. The van der Waals surface area contributed by atoms with Gasteiger partial charge in [-0.2, -0.15) is 18.2 Å². The highest BCUT2D eigenvalue weighted by Gasteiger charge is 2.38. The van der Waals surface area contributed by atoms with Crippen LogP contribution in [-0.2, 0) is 12.0 Å². The maximum absolute atomic E-state index is 12.1. The normalized spacial score (nSPS) is 28.6. The fourth-order valence-electron chi connectivity index (χ4n) is 2.60. The Morgan fingerprint density at radius 1 is 1.47 bits per heavy atom. The minimum absolute atomic E-state index is 0.0791. The molecule has 1 aliphatic rings. The first kappa shape index (κ1) is 14.3. The SMILES string of the molecule is CC1CCCC(N)(c2nc(CCC(F)(F)F)no2)C1. The minimum atomic E-state index is -4.21. The van der Waals surface area contributed by atoms with Crippen LogP contribution in [0.2, 0.25) is 0 Å². The first-order chi connectivity index (χ1) is 8.78. The summed E-state index contributed by atoms with van der Waals surface area (Å²) in [5.74, 6) is 0.816. The van der Waals surface area contributed by atoms with Gasteiger partial charge in [0.25, 0.3) is 0 Å². The van der Waals surface area contributed by atoms with Gasteiger partial charge in [-0.3, -0.25) is 0 Å². The maximum atomic E-state index is 12.1. The number of halogens is 3. The van der Waals surface area contributed by atoms with Crippen LogP contribution in [0.25, 0.3) is 0 Å². The molecule has 1 aromatic heterocycles. The van der Waals surface area contributed by atoms with Crippen molar-refractivity contribution in [3.05, 3.63) is 11.7 Å². The molecule has 4 nitrogen and oxygen atoms in total. The zero-order valence-corrected chi connectivity index (χ0v) is 10.8. The molecule has 0 bridgehead atoms. The molecule has 1 heterocycles. The van der Waals surface area contributed by atoms with E-state index in [2.05, 4.69) is 17.1 Å². The summed E-state index contributed by atoms with van der Waals surface area (Å²) in [5, 5.41) is 3.60. The summed E-state index contributed by atoms with van der Waals surface area (Å²) >= 11 is 0. The van der Waals surface area contributed by atoms with Gasteiger partial charge in [-0.15, -0.1) is 0 Å². The average molecular weight is 277 g/mol. The number of nitrogens with two attached hydrogens (primary N) is 1. The second kappa shape index (κ2) is 5.11. The summed E-state index contributed by atoms with van der Waals surface area (Å²) in [6.07, 6.45) is -1.88. The lowest BCUT2D eigenvalue weighted by molar-refractivity contribution is -0.134. The fraction of sp³-hybridized carbons (Fsp3) is 0.833. The van der Waals surface area contributed by atoms with Crippen molar-refractivity contribution in [1.29, 1.82) is 0 Å². The van der Waals surface area contributed by atoms with Crippen LogP contribution in [0.4, 0.5) is 13.2 Å². The van der Waals surface area contributed by atoms with Crippen molar-refractivity contribution in [2.75, 3.05) is 0 Å². The van der Waals surface area contributed by atoms with Gasteiger partial charge in [0.2, 0.25) is 5.89 Å². The maximum Gasteiger partial charge on any atom is 0.389 e. The molecule has 1 aliphatic carbocycles. The van der Waals surface area contributed by atoms with E-state index in [9.17, 15) is 13.2 Å². The summed E-state index contributed by atoms with van der Waals surface area (Å²) in [6.45, 7) is 2.10. The molecule has 1 fully saturated rings. The monoisotopic (exact) mass is 277 g/mol. The second-order valence-corrected chi connectivity index (χ2v) is 5.49. The third-order valence-electron chi connectivity index (χ3n) is 3.56. The van der Waals surface area contributed by atoms with E-state index >= 15 is 0 Å². The standard InChI is InChI=1S/C12H18F3N3O/c1-8-3-2-5-11(16,7-8)10-17-9(18-19-10)4-6-12(13,14)15/h8H,2-7,16H2,1H3. The van der Waals surface area contributed by atoms with Gasteiger partial charge in [-0.25, -0.2) is 0 Å². The zero-order valence-electron chi connectivity index (χ0n) is 10.8. The van der Waals surface area contributed by atoms with Crippen LogP contribution in [0.15, 0.2) is 4.52 Å². The van der Waals surface area contributed by atoms with Crippen LogP contribution in [0.1, 0.15) is 50.7 Å². The zero-order chi connectivity index (χ0) is 14.1. The van der Waals surface area contributed by atoms with Gasteiger partial charge in [-0.1, -0.05) is 24.9 Å². The molecule has 0 spiro atoms. The molecule has 0 aromatic carbocycles. The van der Waals surface area contributed by atoms with Crippen molar-refractivity contribution in [3.63, 3.8) is 0 Å². The van der Waals surface area contributed by atoms with Crippen LogP contribution in [0, 0.1) is 5.92 Å². The number of aromatic nitrogens is 2. The van der Waals surface area contributed by atoms with Crippen molar-refractivity contribution in [1.82, 2.24) is 10.1 Å². The van der Waals surface area contributed by atoms with E-state index < -0.39 is 18.1 Å². The van der Waals surface area contributed by atoms with Crippen molar-refractivity contribution in [2.24, 2.45) is 11.7 Å². The van der Waals surface area contributed by atoms with Crippen molar-refractivity contribution >= 4 is 0 Å². The molecule has 108 valence electrons. The Morgan fingerprint density at radius 3 is 2.84 bits per heavy atom. The minimum Gasteiger partial charge on any atom is -0.337 e. The summed E-state index contributed by atoms with van der Waals surface area (Å²) in [4.78, 5) is 4.04. The molecule has 2 atom stereocenters. The van der Waals surface area contributed by atoms with E-state index in [0.29, 0.717) is 5.92 Å². The number of nitrogens with zero attached hydrogens (tertiary/aromatic N) is 2. The summed E-state index contributed by atoms with van der Waals surface area (Å²) in [5.41, 5.74) is 5.57. The number of rotatable bonds is 3. The third kappa shape index (κ3) is 3.68. The van der Waals surface area contributed by atoms with Gasteiger partial charge in [0.1, 0.15) is 0 Å². The fourth-order valence-corrected chi connectivity index (χ4v) is 2.60. The van der Waals surface area contributed by atoms with Gasteiger partial charge in [0, 0.05) is 6.42 Å². The second-order valence-electron chi connectivity index (χ2n) is 5.49. The van der Waals surface area contributed by atoms with Crippen LogP contribution >= 0.6 is 0 Å². The first-order valence-corrected chi connectivity index (χ1v) is 6.47. The summed E-state index contributed by atoms with van der Waals surface area (Å²) in [7, 11) is 0. The number of hydrogen-bond acceptors (Lipinski definition) is 4. The molecule has 1 aromatic rings. The van der Waals surface area contributed by atoms with Crippen LogP contribution in [0.5, 0.6) is 0 Å². The lowest BCUT2D eigenvalue weighted by Crippen LogP contribution is -2.41. The lowest BCUT2D eigenvalue weighted by Gasteiger charge is -2.33. The van der Waals surface area contributed by atoms with E-state index in [-0.39, 0.29) is 18.1 Å². The molecule has 19 heavy (non-hydrogen) atoms. The van der Waals surface area contributed by atoms with E-state index in [4.69, 9.17) is 10.3 Å². The van der Waals surface area contributed by atoms with Gasteiger partial charge in [-0.05, 0) is 18.8 Å². The van der Waals surface area contributed by atoms with Gasteiger partial charge in [0.05, 0.1) is 12.0 Å². The highest BCUT2D eigenvalue weighted by atomic mass is 19.4. The lowest BCUT2D eigenvalue weighted by atomic mass is 9.77. The molecular weight excluding hydrogens is 259 g/mol. The number of hydrogen-bond donors (Lipinski definition) is 1. The Balaban J connectivity index is 2.04. The first-order valence-electron chi connectivity index (χ1n) is 6.47. The van der Waals surface area contributed by atoms with Crippen molar-refractivity contribution in [3.8, 4) is 0 Å². The molecule has 7 heteroatoms. The van der Waals surface area contributed by atoms with E-state index in [1.807, 2.05) is 0 Å². The molecule has 2 unspecified atom stereocenters. The van der Waals surface area contributed by atoms with Gasteiger partial charge < -0.3 is 10.3 Å². The molecule has 0 aliphatic heterocycles. The number of alkyl halides is 3. The molecule has 2 N–H and O–H groups in total. The van der Waals surface area contributed by atoms with E-state index in [1.54, 1.807) is 0 Å². The predicted molar refractivity (Wildman–Crippen MR) is 62.2 cm³/mol. The highest BCUT2D eigenvalue weighted by molar-refractivity contribution is 5.04. The Hall–Kier alpha value is -1.11. The Bertz CT molecular complexity index is 432. The third-order valence-corrected chi connectivity index (χ3v) is 3.56. The molecular formula is C12H18F3N3O. The van der Waals surface area contributed by atoms with Crippen LogP contribution in [0.3, 0.4) is 0 Å². The molecule has 2 rings (SSSR count). The summed E-state index contributed by atoms with van der Waals surface area (Å²) < 4.78 is 41.4. The van der Waals surface area contributed by atoms with Crippen molar-refractivity contribution < 1.29 is 17.7 Å².